The third-order valence-corrected chi connectivity index (χ3v) is 10.5. The molecule has 2 aromatic heterocycles. The molecule has 4 heterocycles. The highest BCUT2D eigenvalue weighted by Crippen LogP contribution is 2.57. The lowest BCUT2D eigenvalue weighted by molar-refractivity contribution is -0.149. The second-order valence-electron chi connectivity index (χ2n) is 10.1. The van der Waals surface area contributed by atoms with Crippen molar-refractivity contribution in [3.63, 3.8) is 0 Å². The molecule has 4 rings (SSSR count). The van der Waals surface area contributed by atoms with Crippen molar-refractivity contribution in [1.82, 2.24) is 35.2 Å². The summed E-state index contributed by atoms with van der Waals surface area (Å²) in [5, 5.41) is 29.3. The molecule has 0 aromatic carbocycles. The fourth-order valence-electron chi connectivity index (χ4n) is 4.25. The molecule has 2 aromatic rings. The van der Waals surface area contributed by atoms with Crippen LogP contribution in [0.2, 0.25) is 0 Å². The van der Waals surface area contributed by atoms with E-state index < -0.39 is 73.5 Å². The number of hydrogen-bond donors (Lipinski definition) is 6. The Labute approximate surface area is 243 Å². The Morgan fingerprint density at radius 3 is 2.69 bits per heavy atom. The molecule has 0 saturated carbocycles. The number of carbonyl (C=O) groups is 3. The number of aliphatic hydroxyl groups excluding tert-OH is 1. The van der Waals surface area contributed by atoms with Crippen LogP contribution in [0.4, 0.5) is 10.7 Å². The van der Waals surface area contributed by atoms with E-state index in [1.54, 1.807) is 13.8 Å². The fraction of sp³-hybridized carbons (Fsp3) is 0.636. The highest BCUT2D eigenvalue weighted by atomic mass is 32.7. The lowest BCUT2D eigenvalue weighted by Crippen LogP contribution is -2.44. The predicted octanol–water partition coefficient (Wildman–Crippen LogP) is -0.578. The molecule has 7 N–H and O–H groups in total. The summed E-state index contributed by atoms with van der Waals surface area (Å²) >= 11 is 0.661. The number of nitrogens with two attached hydrogens (primary N) is 1. The van der Waals surface area contributed by atoms with E-state index >= 15 is 0 Å². The Hall–Kier alpha value is -3.06. The molecule has 20 heteroatoms. The Balaban J connectivity index is 1.53. The van der Waals surface area contributed by atoms with E-state index in [1.807, 2.05) is 0 Å². The van der Waals surface area contributed by atoms with Gasteiger partial charge in [-0.25, -0.2) is 14.9 Å². The molecule has 18 nitrogen and oxygen atoms in total. The summed E-state index contributed by atoms with van der Waals surface area (Å²) in [6.45, 7) is 1.48. The Bertz CT molecular complexity index is 1410. The smallest absolute Gasteiger partial charge is 0.327 e. The maximum absolute atomic E-state index is 13.9. The minimum atomic E-state index is -4.04. The molecule has 0 spiro atoms. The molecule has 232 valence electrons. The first-order valence-electron chi connectivity index (χ1n) is 12.7. The highest BCUT2D eigenvalue weighted by Gasteiger charge is 2.54. The van der Waals surface area contributed by atoms with Gasteiger partial charge < -0.3 is 40.0 Å². The maximum atomic E-state index is 13.9. The highest BCUT2D eigenvalue weighted by molar-refractivity contribution is 8.56. The van der Waals surface area contributed by atoms with E-state index in [0.717, 1.165) is 0 Å². The number of urea groups is 1. The number of ether oxygens (including phenoxy) is 3. The van der Waals surface area contributed by atoms with Gasteiger partial charge >= 0.3 is 18.7 Å². The second kappa shape index (κ2) is 12.3. The van der Waals surface area contributed by atoms with Gasteiger partial charge in [-0.15, -0.1) is 0 Å². The number of aliphatic hydroxyl groups is 2. The molecule has 0 aliphatic carbocycles. The van der Waals surface area contributed by atoms with Crippen molar-refractivity contribution < 1.29 is 47.9 Å². The number of methoxy groups -OCH3 is 1. The molecule has 42 heavy (non-hydrogen) atoms. The van der Waals surface area contributed by atoms with Gasteiger partial charge in [0.25, 0.3) is 5.91 Å². The zero-order valence-corrected chi connectivity index (χ0v) is 25.0. The number of imidazole rings is 1. The number of hydrogen-bond acceptors (Lipinski definition) is 15. The van der Waals surface area contributed by atoms with Crippen LogP contribution < -0.4 is 26.2 Å². The van der Waals surface area contributed by atoms with Gasteiger partial charge in [-0.05, 0) is 27.7 Å². The first-order chi connectivity index (χ1) is 19.6. The van der Waals surface area contributed by atoms with Crippen LogP contribution in [0.1, 0.15) is 33.9 Å². The standard InChI is InChI=1S/C22H33N8O10PS/c1-9(2)39-18(33)10(3)29-41(36,42-7-11-16(32)27-21(34)25-11)38-6-12-14(31)22(4,35)19(40-12)30-8-24-13-15(30)26-20(23)28-17(13)37-5/h8-12,14,19,31,35H,6-7H2,1-5H3,(H,29,36)(H2,23,26,28)(H2,25,27,32,34)/t10?,11?,12-,14-,19-,22-,41?/m1/s1. The fourth-order valence-corrected chi connectivity index (χ4v) is 8.12. The van der Waals surface area contributed by atoms with Gasteiger partial charge in [-0.2, -0.15) is 9.97 Å². The number of aromatic nitrogens is 4. The van der Waals surface area contributed by atoms with Gasteiger partial charge in [0, 0.05) is 5.75 Å². The van der Waals surface area contributed by atoms with Gasteiger partial charge in [-0.3, -0.25) is 24.0 Å². The Kier molecular flexibility index (Phi) is 9.31. The molecule has 7 atom stereocenters. The zero-order chi connectivity index (χ0) is 31.0. The molecule has 0 radical (unpaired) electrons. The summed E-state index contributed by atoms with van der Waals surface area (Å²) in [5.74, 6) is -1.53. The van der Waals surface area contributed by atoms with Crippen molar-refractivity contribution in [2.45, 2.75) is 69.9 Å². The van der Waals surface area contributed by atoms with Crippen LogP contribution in [0.5, 0.6) is 5.88 Å². The second-order valence-corrected chi connectivity index (χ2v) is 14.4. The molecular weight excluding hydrogens is 599 g/mol. The maximum Gasteiger partial charge on any atom is 0.327 e. The monoisotopic (exact) mass is 632 g/mol. The number of imide groups is 1. The minimum Gasteiger partial charge on any atom is -0.479 e. The number of nitrogen functional groups attached to an aromatic ring is 1. The summed E-state index contributed by atoms with van der Waals surface area (Å²) < 4.78 is 37.2. The normalized spacial score (nSPS) is 28.0. The van der Waals surface area contributed by atoms with Crippen molar-refractivity contribution >= 4 is 53.1 Å². The molecule has 2 fully saturated rings. The first kappa shape index (κ1) is 31.9. The largest absolute Gasteiger partial charge is 0.479 e. The van der Waals surface area contributed by atoms with Crippen molar-refractivity contribution in [1.29, 1.82) is 0 Å². The van der Waals surface area contributed by atoms with Gasteiger partial charge in [0.05, 0.1) is 26.1 Å². The van der Waals surface area contributed by atoms with Crippen LogP contribution in [-0.2, 0) is 28.2 Å². The number of nitrogens with zero attached hydrogens (tertiary/aromatic N) is 4. The van der Waals surface area contributed by atoms with E-state index in [4.69, 9.17) is 24.5 Å². The third-order valence-electron chi connectivity index (χ3n) is 6.34. The predicted molar refractivity (Wildman–Crippen MR) is 147 cm³/mol. The van der Waals surface area contributed by atoms with Crippen LogP contribution >= 0.6 is 18.1 Å². The minimum absolute atomic E-state index is 0.0932. The summed E-state index contributed by atoms with van der Waals surface area (Å²) in [6, 6.07) is -2.80. The quantitative estimate of drug-likeness (QED) is 0.0972. The van der Waals surface area contributed by atoms with Crippen LogP contribution in [0, 0.1) is 0 Å². The van der Waals surface area contributed by atoms with Crippen LogP contribution in [0.25, 0.3) is 11.2 Å². The van der Waals surface area contributed by atoms with Gasteiger partial charge in [0.15, 0.2) is 17.4 Å². The average Bonchev–Trinajstić information content (AvgIpc) is 3.53. The number of anilines is 1. The third kappa shape index (κ3) is 6.61. The number of carbonyl (C=O) groups excluding carboxylic acids is 3. The topological polar surface area (TPSA) is 251 Å². The van der Waals surface area contributed by atoms with Crippen molar-refractivity contribution in [3.05, 3.63) is 6.33 Å². The van der Waals surface area contributed by atoms with Gasteiger partial charge in [-0.1, -0.05) is 11.4 Å². The van der Waals surface area contributed by atoms with Gasteiger partial charge in [0.1, 0.15) is 29.9 Å². The molecular formula is C22H33N8O10PS. The van der Waals surface area contributed by atoms with Crippen LogP contribution in [0.15, 0.2) is 6.33 Å². The summed E-state index contributed by atoms with van der Waals surface area (Å²) in [5.41, 5.74) is 4.26. The van der Waals surface area contributed by atoms with Crippen molar-refractivity contribution in [2.75, 3.05) is 25.2 Å². The lowest BCUT2D eigenvalue weighted by Gasteiger charge is -2.27. The van der Waals surface area contributed by atoms with Crippen molar-refractivity contribution in [2.24, 2.45) is 0 Å². The number of fused-ring (bicyclic) bond motifs is 1. The van der Waals surface area contributed by atoms with Crippen molar-refractivity contribution in [3.8, 4) is 5.88 Å². The first-order valence-corrected chi connectivity index (χ1v) is 16.0. The van der Waals surface area contributed by atoms with E-state index in [0.29, 0.717) is 11.4 Å². The van der Waals surface area contributed by atoms with Crippen LogP contribution in [-0.4, -0.2) is 103 Å². The molecule has 3 unspecified atom stereocenters. The van der Waals surface area contributed by atoms with E-state index in [-0.39, 0.29) is 28.7 Å². The summed E-state index contributed by atoms with van der Waals surface area (Å²) in [7, 11) is 1.38. The Morgan fingerprint density at radius 1 is 1.36 bits per heavy atom. The number of nitrogens with one attached hydrogen (secondary N) is 3. The summed E-state index contributed by atoms with van der Waals surface area (Å²) in [6.07, 6.45) is -3.16. The summed E-state index contributed by atoms with van der Waals surface area (Å²) in [4.78, 5) is 48.2. The number of amides is 3. The average molecular weight is 633 g/mol. The number of rotatable bonds is 12. The molecule has 2 aliphatic rings. The zero-order valence-electron chi connectivity index (χ0n) is 23.3. The molecule has 3 amide bonds. The Morgan fingerprint density at radius 2 is 2.07 bits per heavy atom. The number of esters is 1. The van der Waals surface area contributed by atoms with E-state index in [2.05, 4.69) is 30.7 Å². The SMILES string of the molecule is COc1nc(N)nc2c1ncn2[C@@H]1O[C@H](COP(=O)(NC(C)C(=O)OC(C)C)SCC2NC(=O)NC2=O)[C@@H](O)[C@@]1(C)O. The molecule has 0 bridgehead atoms. The van der Waals surface area contributed by atoms with Gasteiger partial charge in [0.2, 0.25) is 11.8 Å². The molecule has 2 saturated heterocycles. The van der Waals surface area contributed by atoms with Crippen LogP contribution in [0.3, 0.4) is 0 Å². The lowest BCUT2D eigenvalue weighted by atomic mass is 9.96. The van der Waals surface area contributed by atoms with E-state index in [9.17, 15) is 29.2 Å². The van der Waals surface area contributed by atoms with E-state index in [1.165, 1.54) is 31.9 Å². The molecule has 2 aliphatic heterocycles.